The third-order valence-corrected chi connectivity index (χ3v) is 11.2. The summed E-state index contributed by atoms with van der Waals surface area (Å²) in [5.74, 6) is 0. The second kappa shape index (κ2) is 6.68. The average molecular weight is 455 g/mol. The molecule has 0 fully saturated rings. The summed E-state index contributed by atoms with van der Waals surface area (Å²) >= 11 is -2.17. The van der Waals surface area contributed by atoms with Gasteiger partial charge in [0.15, 0.2) is 0 Å². The number of nitrogens with one attached hydrogen (secondary N) is 1. The summed E-state index contributed by atoms with van der Waals surface area (Å²) in [6.45, 7) is 0. The molecule has 0 bridgehead atoms. The molecule has 0 aromatic heterocycles. The zero-order valence-corrected chi connectivity index (χ0v) is 14.6. The topological polar surface area (TPSA) is 12.0 Å². The Kier molecular flexibility index (Phi) is 4.45. The monoisotopic (exact) mass is 455 g/mol. The number of para-hydroxylation sites is 1. The Morgan fingerprint density at radius 1 is 0.500 bits per heavy atom. The van der Waals surface area contributed by atoms with Crippen LogP contribution < -0.4 is 9.80 Å². The fourth-order valence-electron chi connectivity index (χ4n) is 2.07. The van der Waals surface area contributed by atoms with Crippen molar-refractivity contribution in [2.24, 2.45) is 0 Å². The van der Waals surface area contributed by atoms with E-state index in [0.29, 0.717) is 0 Å². The molecule has 0 saturated carbocycles. The maximum absolute atomic E-state index is 3.82. The van der Waals surface area contributed by atoms with Crippen molar-refractivity contribution in [1.82, 2.24) is 0 Å². The summed E-state index contributed by atoms with van der Waals surface area (Å²) in [6, 6.07) is 32.2. The van der Waals surface area contributed by atoms with Crippen LogP contribution in [0, 0.1) is 0 Å². The average Bonchev–Trinajstić information content (AvgIpc) is 2.55. The molecule has 3 rings (SSSR count). The summed E-state index contributed by atoms with van der Waals surface area (Å²) in [4.78, 5) is 0. The minimum absolute atomic E-state index is 1.22. The van der Waals surface area contributed by atoms with Crippen LogP contribution in [0.15, 0.2) is 91.0 Å². The minimum atomic E-state index is -2.17. The molecule has 0 heterocycles. The second-order valence-corrected chi connectivity index (χ2v) is 12.0. The quantitative estimate of drug-likeness (QED) is 0.597. The Bertz CT molecular complexity index is 599. The van der Waals surface area contributed by atoms with Gasteiger partial charge in [0.05, 0.1) is 0 Å². The second-order valence-electron chi connectivity index (χ2n) is 4.48. The van der Waals surface area contributed by atoms with Gasteiger partial charge in [-0.25, -0.2) is 0 Å². The molecule has 0 aliphatic carbocycles. The van der Waals surface area contributed by atoms with Gasteiger partial charge in [0.1, 0.15) is 0 Å². The predicted octanol–water partition coefficient (Wildman–Crippen LogP) is 2.90. The first-order chi connectivity index (χ1) is 9.93. The molecule has 0 spiro atoms. The van der Waals surface area contributed by atoms with E-state index in [1.54, 1.807) is 0 Å². The van der Waals surface area contributed by atoms with Crippen molar-refractivity contribution >= 4 is 34.3 Å². The van der Waals surface area contributed by atoms with Gasteiger partial charge in [0, 0.05) is 0 Å². The van der Waals surface area contributed by atoms with Gasteiger partial charge in [-0.2, -0.15) is 0 Å². The molecule has 0 amide bonds. The van der Waals surface area contributed by atoms with Crippen molar-refractivity contribution in [3.05, 3.63) is 91.0 Å². The van der Waals surface area contributed by atoms with E-state index >= 15 is 0 Å². The molecule has 0 aliphatic heterocycles. The van der Waals surface area contributed by atoms with Crippen LogP contribution in [0.3, 0.4) is 0 Å². The van der Waals surface area contributed by atoms with E-state index in [1.165, 1.54) is 12.2 Å². The molecule has 20 heavy (non-hydrogen) atoms. The van der Waals surface area contributed by atoms with Gasteiger partial charge < -0.3 is 0 Å². The van der Waals surface area contributed by atoms with Crippen molar-refractivity contribution in [2.45, 2.75) is 0 Å². The number of anilines is 1. The van der Waals surface area contributed by atoms with Crippen LogP contribution in [0.2, 0.25) is 0 Å². The van der Waals surface area contributed by atoms with Crippen LogP contribution in [-0.2, 0) is 0 Å². The van der Waals surface area contributed by atoms with Gasteiger partial charge >= 0.3 is 129 Å². The molecule has 1 nitrogen and oxygen atoms in total. The Morgan fingerprint density at radius 3 is 1.35 bits per heavy atom. The zero-order valence-electron chi connectivity index (χ0n) is 11.1. The van der Waals surface area contributed by atoms with Gasteiger partial charge in [-0.15, -0.1) is 0 Å². The fraction of sp³-hybridized carbons (Fsp3) is 0. The van der Waals surface area contributed by atoms with Gasteiger partial charge in [-0.05, 0) is 0 Å². The molecular formula is C18H16BiN. The van der Waals surface area contributed by atoms with Crippen molar-refractivity contribution in [2.75, 3.05) is 3.26 Å². The molecule has 3 aromatic carbocycles. The van der Waals surface area contributed by atoms with Crippen LogP contribution >= 0.6 is 0 Å². The summed E-state index contributed by atoms with van der Waals surface area (Å²) < 4.78 is 6.76. The standard InChI is InChI=1S/C6H6N.2C6H5.Bi/c7-6-4-2-1-3-5-6;2*1-2-4-6-5-3-1;/h1-5,7H;2*1-5H;/q-1;;;+1. The molecule has 0 saturated heterocycles. The van der Waals surface area contributed by atoms with Crippen LogP contribution in [0.1, 0.15) is 0 Å². The van der Waals surface area contributed by atoms with Gasteiger partial charge in [0.2, 0.25) is 0 Å². The van der Waals surface area contributed by atoms with E-state index in [4.69, 9.17) is 0 Å². The van der Waals surface area contributed by atoms with Crippen LogP contribution in [-0.4, -0.2) is 22.0 Å². The number of benzene rings is 3. The first-order valence-electron chi connectivity index (χ1n) is 6.65. The predicted molar refractivity (Wildman–Crippen MR) is 88.0 cm³/mol. The molecule has 3 aromatic rings. The Morgan fingerprint density at radius 2 is 0.900 bits per heavy atom. The maximum atomic E-state index is 3.82. The van der Waals surface area contributed by atoms with Gasteiger partial charge in [-0.1, -0.05) is 0 Å². The summed E-state index contributed by atoms with van der Waals surface area (Å²) in [7, 11) is 0. The number of hydrogen-bond acceptors (Lipinski definition) is 1. The van der Waals surface area contributed by atoms with E-state index in [2.05, 4.69) is 94.3 Å². The third kappa shape index (κ3) is 3.26. The van der Waals surface area contributed by atoms with Crippen molar-refractivity contribution in [3.63, 3.8) is 0 Å². The molecule has 0 radical (unpaired) electrons. The van der Waals surface area contributed by atoms with E-state index in [-0.39, 0.29) is 0 Å². The Balaban J connectivity index is 1.96. The van der Waals surface area contributed by atoms with E-state index in [1.807, 2.05) is 0 Å². The molecule has 2 heteroatoms. The molecule has 98 valence electrons. The molecular weight excluding hydrogens is 439 g/mol. The SMILES string of the molecule is c1ccc([NH][Bi]([c]2ccccc2)[c]2ccccc2)cc1. The van der Waals surface area contributed by atoms with Crippen LogP contribution in [0.4, 0.5) is 5.69 Å². The van der Waals surface area contributed by atoms with E-state index < -0.39 is 22.0 Å². The molecule has 0 aliphatic rings. The van der Waals surface area contributed by atoms with E-state index in [9.17, 15) is 0 Å². The first kappa shape index (κ1) is 13.3. The summed E-state index contributed by atoms with van der Waals surface area (Å²) in [5, 5.41) is 0. The number of hydrogen-bond donors (Lipinski definition) is 1. The Labute approximate surface area is 128 Å². The number of rotatable bonds is 4. The zero-order chi connectivity index (χ0) is 13.6. The first-order valence-corrected chi connectivity index (χ1v) is 11.9. The van der Waals surface area contributed by atoms with Gasteiger partial charge in [0.25, 0.3) is 0 Å². The van der Waals surface area contributed by atoms with E-state index in [0.717, 1.165) is 0 Å². The molecule has 1 N–H and O–H groups in total. The van der Waals surface area contributed by atoms with Crippen molar-refractivity contribution in [1.29, 1.82) is 0 Å². The summed E-state index contributed by atoms with van der Waals surface area (Å²) in [5.41, 5.74) is 1.22. The molecule has 0 unspecified atom stereocenters. The van der Waals surface area contributed by atoms with Crippen LogP contribution in [0.5, 0.6) is 0 Å². The van der Waals surface area contributed by atoms with Crippen LogP contribution in [0.25, 0.3) is 0 Å². The fourth-order valence-corrected chi connectivity index (χ4v) is 9.48. The van der Waals surface area contributed by atoms with Crippen molar-refractivity contribution < 1.29 is 0 Å². The molecule has 0 atom stereocenters. The Hall–Kier alpha value is -1.66. The normalized spacial score (nSPS) is 10.4. The van der Waals surface area contributed by atoms with Gasteiger partial charge in [-0.3, -0.25) is 0 Å². The third-order valence-electron chi connectivity index (χ3n) is 3.04. The summed E-state index contributed by atoms with van der Waals surface area (Å²) in [6.07, 6.45) is 0. The van der Waals surface area contributed by atoms with Crippen molar-refractivity contribution in [3.8, 4) is 0 Å².